The zero-order valence-electron chi connectivity index (χ0n) is 8.54. The molecule has 0 bridgehead atoms. The van der Waals surface area contributed by atoms with Crippen LogP contribution in [0.5, 0.6) is 0 Å². The summed E-state index contributed by atoms with van der Waals surface area (Å²) in [5.41, 5.74) is 1.09. The van der Waals surface area contributed by atoms with E-state index in [9.17, 15) is 0 Å². The topological polar surface area (TPSA) is 29.0 Å². The first kappa shape index (κ1) is 10.3. The molecule has 3 nitrogen and oxygen atoms in total. The minimum atomic E-state index is 1.01. The van der Waals surface area contributed by atoms with E-state index in [1.165, 1.54) is 0 Å². The van der Waals surface area contributed by atoms with E-state index in [4.69, 9.17) is 0 Å². The third-order valence-electron chi connectivity index (χ3n) is 1.71. The Morgan fingerprint density at radius 2 is 1.67 bits per heavy atom. The average molecular weight is 237 g/mol. The number of aromatic nitrogens is 2. The van der Waals surface area contributed by atoms with Gasteiger partial charge in [0.15, 0.2) is 0 Å². The number of rotatable bonds is 3. The zero-order chi connectivity index (χ0) is 10.7. The quantitative estimate of drug-likeness (QED) is 0.821. The molecule has 0 N–H and O–H groups in total. The summed E-state index contributed by atoms with van der Waals surface area (Å²) in [5.74, 6) is 0. The third kappa shape index (κ3) is 2.43. The van der Waals surface area contributed by atoms with Crippen molar-refractivity contribution in [2.24, 2.45) is 0 Å². The molecule has 0 aliphatic carbocycles. The molecule has 0 atom stereocenters. The van der Waals surface area contributed by atoms with Gasteiger partial charge in [-0.15, -0.1) is 22.7 Å². The van der Waals surface area contributed by atoms with Crippen molar-refractivity contribution in [1.29, 1.82) is 0 Å². The summed E-state index contributed by atoms with van der Waals surface area (Å²) in [5, 5.41) is 5.98. The fraction of sp³-hybridized carbons (Fsp3) is 0.200. The Balaban J connectivity index is 2.42. The number of hydrogen-bond donors (Lipinski definition) is 0. The van der Waals surface area contributed by atoms with Crippen molar-refractivity contribution in [3.8, 4) is 0 Å². The van der Waals surface area contributed by atoms with Crippen molar-refractivity contribution in [2.75, 3.05) is 14.1 Å². The lowest BCUT2D eigenvalue weighted by Crippen LogP contribution is -2.03. The first-order valence-corrected chi connectivity index (χ1v) is 6.21. The van der Waals surface area contributed by atoms with Crippen LogP contribution in [0, 0.1) is 0 Å². The Labute approximate surface area is 96.7 Å². The highest BCUT2D eigenvalue weighted by molar-refractivity contribution is 7.13. The van der Waals surface area contributed by atoms with Crippen LogP contribution in [0.1, 0.15) is 10.0 Å². The Hall–Kier alpha value is -1.20. The smallest absolute Gasteiger partial charge is 0.127 e. The highest BCUT2D eigenvalue weighted by Gasteiger charge is 2.10. The highest BCUT2D eigenvalue weighted by Crippen LogP contribution is 2.26. The normalized spacial score (nSPS) is 10.0. The van der Waals surface area contributed by atoms with Gasteiger partial charge in [-0.2, -0.15) is 0 Å². The summed E-state index contributed by atoms with van der Waals surface area (Å²) in [6, 6.07) is 0. The second-order valence-corrected chi connectivity index (χ2v) is 4.97. The molecule has 78 valence electrons. The van der Waals surface area contributed by atoms with Crippen molar-refractivity contribution in [3.05, 3.63) is 39.4 Å². The largest absolute Gasteiger partial charge is 0.383 e. The SMILES string of the molecule is CN(C)C=C(c1nccs1)c1nccs1. The lowest BCUT2D eigenvalue weighted by molar-refractivity contribution is 0.565. The van der Waals surface area contributed by atoms with Gasteiger partial charge >= 0.3 is 0 Å². The molecule has 0 aliphatic rings. The van der Waals surface area contributed by atoms with Gasteiger partial charge in [0.2, 0.25) is 0 Å². The first-order chi connectivity index (χ1) is 7.27. The van der Waals surface area contributed by atoms with Gasteiger partial charge in [-0.25, -0.2) is 9.97 Å². The van der Waals surface area contributed by atoms with Crippen molar-refractivity contribution < 1.29 is 0 Å². The molecule has 0 fully saturated rings. The molecule has 2 aromatic rings. The number of nitrogens with zero attached hydrogens (tertiary/aromatic N) is 3. The molecule has 0 unspecified atom stereocenters. The van der Waals surface area contributed by atoms with E-state index < -0.39 is 0 Å². The Bertz CT molecular complexity index is 393. The molecule has 0 radical (unpaired) electrons. The maximum Gasteiger partial charge on any atom is 0.127 e. The van der Waals surface area contributed by atoms with Crippen LogP contribution in [-0.2, 0) is 0 Å². The molecule has 0 saturated carbocycles. The lowest BCUT2D eigenvalue weighted by atomic mass is 10.3. The van der Waals surface area contributed by atoms with Gasteiger partial charge in [-0.3, -0.25) is 0 Å². The second kappa shape index (κ2) is 4.55. The zero-order valence-corrected chi connectivity index (χ0v) is 10.2. The van der Waals surface area contributed by atoms with E-state index >= 15 is 0 Å². The molecule has 0 saturated heterocycles. The molecular formula is C10H11N3S2. The molecule has 0 aromatic carbocycles. The average Bonchev–Trinajstić information content (AvgIpc) is 2.87. The molecule has 2 heterocycles. The van der Waals surface area contributed by atoms with Gasteiger partial charge in [0.1, 0.15) is 10.0 Å². The van der Waals surface area contributed by atoms with Crippen LogP contribution >= 0.6 is 22.7 Å². The number of hydrogen-bond acceptors (Lipinski definition) is 5. The van der Waals surface area contributed by atoms with Crippen LogP contribution in [0.25, 0.3) is 5.57 Å². The van der Waals surface area contributed by atoms with Crippen LogP contribution in [0.4, 0.5) is 0 Å². The minimum absolute atomic E-state index is 1.01. The Morgan fingerprint density at radius 3 is 2.00 bits per heavy atom. The van der Waals surface area contributed by atoms with E-state index in [1.54, 1.807) is 22.7 Å². The van der Waals surface area contributed by atoms with Crippen molar-refractivity contribution >= 4 is 28.2 Å². The third-order valence-corrected chi connectivity index (χ3v) is 3.33. The molecule has 2 aromatic heterocycles. The van der Waals surface area contributed by atoms with E-state index in [1.807, 2.05) is 42.1 Å². The summed E-state index contributed by atoms with van der Waals surface area (Å²) in [4.78, 5) is 10.6. The summed E-state index contributed by atoms with van der Waals surface area (Å²) < 4.78 is 0. The van der Waals surface area contributed by atoms with Gasteiger partial charge in [0.25, 0.3) is 0 Å². The summed E-state index contributed by atoms with van der Waals surface area (Å²) >= 11 is 3.26. The van der Waals surface area contributed by atoms with Crippen LogP contribution in [0.15, 0.2) is 29.4 Å². The van der Waals surface area contributed by atoms with Gasteiger partial charge in [-0.1, -0.05) is 0 Å². The van der Waals surface area contributed by atoms with Crippen LogP contribution < -0.4 is 0 Å². The molecule has 0 amide bonds. The van der Waals surface area contributed by atoms with Crippen molar-refractivity contribution in [2.45, 2.75) is 0 Å². The highest BCUT2D eigenvalue weighted by atomic mass is 32.1. The summed E-state index contributed by atoms with van der Waals surface area (Å²) in [7, 11) is 4.00. The van der Waals surface area contributed by atoms with E-state index in [0.29, 0.717) is 0 Å². The Kier molecular flexibility index (Phi) is 3.13. The molecule has 2 rings (SSSR count). The lowest BCUT2D eigenvalue weighted by Gasteiger charge is -2.07. The fourth-order valence-corrected chi connectivity index (χ4v) is 2.53. The van der Waals surface area contributed by atoms with Crippen LogP contribution in [-0.4, -0.2) is 29.0 Å². The van der Waals surface area contributed by atoms with E-state index in [0.717, 1.165) is 15.6 Å². The first-order valence-electron chi connectivity index (χ1n) is 4.45. The van der Waals surface area contributed by atoms with Crippen LogP contribution in [0.2, 0.25) is 0 Å². The predicted molar refractivity (Wildman–Crippen MR) is 65.0 cm³/mol. The molecule has 15 heavy (non-hydrogen) atoms. The summed E-state index contributed by atoms with van der Waals surface area (Å²) in [6.45, 7) is 0. The maximum absolute atomic E-state index is 4.32. The number of thiazole rings is 2. The monoisotopic (exact) mass is 237 g/mol. The van der Waals surface area contributed by atoms with Gasteiger partial charge in [0, 0.05) is 43.4 Å². The Morgan fingerprint density at radius 1 is 1.13 bits per heavy atom. The van der Waals surface area contributed by atoms with Crippen molar-refractivity contribution in [3.63, 3.8) is 0 Å². The molecular weight excluding hydrogens is 226 g/mol. The molecule has 0 spiro atoms. The van der Waals surface area contributed by atoms with Gasteiger partial charge in [-0.05, 0) is 0 Å². The maximum atomic E-state index is 4.32. The van der Waals surface area contributed by atoms with Gasteiger partial charge < -0.3 is 4.90 Å². The van der Waals surface area contributed by atoms with E-state index in [-0.39, 0.29) is 0 Å². The summed E-state index contributed by atoms with van der Waals surface area (Å²) in [6.07, 6.45) is 5.69. The predicted octanol–water partition coefficient (Wildman–Crippen LogP) is 2.55. The fourth-order valence-electron chi connectivity index (χ4n) is 1.17. The molecule has 0 aliphatic heterocycles. The molecule has 5 heteroatoms. The van der Waals surface area contributed by atoms with E-state index in [2.05, 4.69) is 16.2 Å². The minimum Gasteiger partial charge on any atom is -0.383 e. The standard InChI is InChI=1S/C10H11N3S2/c1-13(2)7-8(9-11-3-5-14-9)10-12-4-6-15-10/h3-7H,1-2H3. The van der Waals surface area contributed by atoms with Crippen molar-refractivity contribution in [1.82, 2.24) is 14.9 Å². The van der Waals surface area contributed by atoms with Gasteiger partial charge in [0.05, 0.1) is 5.57 Å². The van der Waals surface area contributed by atoms with Crippen LogP contribution in [0.3, 0.4) is 0 Å². The second-order valence-electron chi connectivity index (χ2n) is 3.18.